The van der Waals surface area contributed by atoms with Gasteiger partial charge in [-0.3, -0.25) is 4.79 Å². The van der Waals surface area contributed by atoms with Gasteiger partial charge in [-0.2, -0.15) is 4.31 Å². The van der Waals surface area contributed by atoms with Crippen molar-refractivity contribution in [2.24, 2.45) is 5.92 Å². The van der Waals surface area contributed by atoms with E-state index in [4.69, 9.17) is 4.42 Å². The van der Waals surface area contributed by atoms with Crippen LogP contribution in [-0.4, -0.2) is 37.8 Å². The molecule has 1 aliphatic rings. The van der Waals surface area contributed by atoms with Crippen LogP contribution in [0, 0.1) is 12.8 Å². The Kier molecular flexibility index (Phi) is 6.15. The molecular formula is C21H30N2O4S. The lowest BCUT2D eigenvalue weighted by Crippen LogP contribution is -2.37. The average molecular weight is 407 g/mol. The van der Waals surface area contributed by atoms with Gasteiger partial charge in [0.15, 0.2) is 5.76 Å². The monoisotopic (exact) mass is 406 g/mol. The number of rotatable bonds is 6. The fourth-order valence-corrected chi connectivity index (χ4v) is 5.43. The van der Waals surface area contributed by atoms with Crippen LogP contribution in [0.3, 0.4) is 0 Å². The maximum absolute atomic E-state index is 12.8. The maximum atomic E-state index is 12.8. The third kappa shape index (κ3) is 3.96. The van der Waals surface area contributed by atoms with E-state index in [1.54, 1.807) is 25.1 Å². The third-order valence-electron chi connectivity index (χ3n) is 5.81. The predicted molar refractivity (Wildman–Crippen MR) is 110 cm³/mol. The molecule has 1 N–H and O–H groups in total. The molecule has 1 fully saturated rings. The highest BCUT2D eigenvalue weighted by atomic mass is 32.2. The molecule has 0 saturated heterocycles. The molecule has 1 amide bonds. The Balaban J connectivity index is 1.88. The van der Waals surface area contributed by atoms with Crippen LogP contribution in [0.1, 0.15) is 62.6 Å². The summed E-state index contributed by atoms with van der Waals surface area (Å²) in [6, 6.07) is 4.97. The van der Waals surface area contributed by atoms with Gasteiger partial charge in [0, 0.05) is 30.1 Å². The summed E-state index contributed by atoms with van der Waals surface area (Å²) in [6.45, 7) is 8.50. The van der Waals surface area contributed by atoms with Crippen molar-refractivity contribution in [2.75, 3.05) is 13.1 Å². The minimum atomic E-state index is -3.56. The van der Waals surface area contributed by atoms with Gasteiger partial charge in [0.1, 0.15) is 5.58 Å². The maximum Gasteiger partial charge on any atom is 0.287 e. The van der Waals surface area contributed by atoms with Gasteiger partial charge in [-0.15, -0.1) is 0 Å². The summed E-state index contributed by atoms with van der Waals surface area (Å²) in [6.07, 6.45) is 4.21. The molecule has 0 spiro atoms. The van der Waals surface area contributed by atoms with Gasteiger partial charge in [0.05, 0.1) is 4.90 Å². The SMILES string of the molecule is CCN(CC)S(=O)(=O)c1ccc2oc(C(=O)NC3CCC(C)CC3)c(C)c2c1. The molecule has 2 aromatic rings. The second-order valence-corrected chi connectivity index (χ2v) is 9.67. The molecule has 0 aliphatic heterocycles. The number of nitrogens with zero attached hydrogens (tertiary/aromatic N) is 1. The van der Waals surface area contributed by atoms with E-state index in [0.29, 0.717) is 35.5 Å². The summed E-state index contributed by atoms with van der Waals surface area (Å²) in [4.78, 5) is 13.0. The molecule has 1 heterocycles. The van der Waals surface area contributed by atoms with Gasteiger partial charge in [-0.25, -0.2) is 8.42 Å². The molecular weight excluding hydrogens is 376 g/mol. The van der Waals surface area contributed by atoms with Gasteiger partial charge >= 0.3 is 0 Å². The van der Waals surface area contributed by atoms with Gasteiger partial charge in [0.25, 0.3) is 5.91 Å². The number of carbonyl (C=O) groups excluding carboxylic acids is 1. The van der Waals surface area contributed by atoms with Crippen LogP contribution >= 0.6 is 0 Å². The Morgan fingerprint density at radius 2 is 1.82 bits per heavy atom. The largest absolute Gasteiger partial charge is 0.451 e. The fourth-order valence-electron chi connectivity index (χ4n) is 3.95. The summed E-state index contributed by atoms with van der Waals surface area (Å²) in [5, 5.41) is 3.74. The van der Waals surface area contributed by atoms with Crippen molar-refractivity contribution in [3.05, 3.63) is 29.5 Å². The van der Waals surface area contributed by atoms with Crippen molar-refractivity contribution in [1.29, 1.82) is 0 Å². The van der Waals surface area contributed by atoms with E-state index in [-0.39, 0.29) is 22.6 Å². The van der Waals surface area contributed by atoms with Crippen molar-refractivity contribution < 1.29 is 17.6 Å². The van der Waals surface area contributed by atoms with Crippen LogP contribution in [0.5, 0.6) is 0 Å². The summed E-state index contributed by atoms with van der Waals surface area (Å²) < 4.78 is 32.8. The van der Waals surface area contributed by atoms with E-state index in [1.807, 2.05) is 13.8 Å². The first-order valence-corrected chi connectivity index (χ1v) is 11.6. The molecule has 0 unspecified atom stereocenters. The molecule has 0 bridgehead atoms. The number of hydrogen-bond acceptors (Lipinski definition) is 4. The van der Waals surface area contributed by atoms with Crippen LogP contribution in [-0.2, 0) is 10.0 Å². The summed E-state index contributed by atoms with van der Waals surface area (Å²) >= 11 is 0. The second kappa shape index (κ2) is 8.25. The lowest BCUT2D eigenvalue weighted by molar-refractivity contribution is 0.0896. The Hall–Kier alpha value is -1.86. The van der Waals surface area contributed by atoms with E-state index in [2.05, 4.69) is 12.2 Å². The quantitative estimate of drug-likeness (QED) is 0.784. The van der Waals surface area contributed by atoms with Gasteiger partial charge in [0.2, 0.25) is 10.0 Å². The average Bonchev–Trinajstić information content (AvgIpc) is 3.01. The van der Waals surface area contributed by atoms with Crippen molar-refractivity contribution in [2.45, 2.75) is 64.3 Å². The number of aryl methyl sites for hydroxylation is 1. The van der Waals surface area contributed by atoms with Gasteiger partial charge < -0.3 is 9.73 Å². The third-order valence-corrected chi connectivity index (χ3v) is 7.85. The summed E-state index contributed by atoms with van der Waals surface area (Å²) in [5.41, 5.74) is 1.20. The van der Waals surface area contributed by atoms with E-state index in [0.717, 1.165) is 25.7 Å². The molecule has 6 nitrogen and oxygen atoms in total. The van der Waals surface area contributed by atoms with E-state index < -0.39 is 10.0 Å². The molecule has 0 atom stereocenters. The van der Waals surface area contributed by atoms with Crippen LogP contribution in [0.4, 0.5) is 0 Å². The van der Waals surface area contributed by atoms with Crippen molar-refractivity contribution >= 4 is 26.9 Å². The molecule has 1 aliphatic carbocycles. The molecule has 1 saturated carbocycles. The molecule has 28 heavy (non-hydrogen) atoms. The van der Waals surface area contributed by atoms with Crippen molar-refractivity contribution in [3.63, 3.8) is 0 Å². The lowest BCUT2D eigenvalue weighted by Gasteiger charge is -2.26. The fraction of sp³-hybridized carbons (Fsp3) is 0.571. The Bertz CT molecular complexity index is 952. The van der Waals surface area contributed by atoms with Crippen LogP contribution < -0.4 is 5.32 Å². The standard InChI is InChI=1S/C21H30N2O4S/c1-5-23(6-2)28(25,26)17-11-12-19-18(13-17)15(4)20(27-19)21(24)22-16-9-7-14(3)8-10-16/h11-14,16H,5-10H2,1-4H3,(H,22,24). The highest BCUT2D eigenvalue weighted by Crippen LogP contribution is 2.30. The number of carbonyl (C=O) groups is 1. The number of hydrogen-bond donors (Lipinski definition) is 1. The summed E-state index contributed by atoms with van der Waals surface area (Å²) in [7, 11) is -3.56. The van der Waals surface area contributed by atoms with Crippen molar-refractivity contribution in [3.8, 4) is 0 Å². The molecule has 1 aromatic carbocycles. The molecule has 1 aromatic heterocycles. The van der Waals surface area contributed by atoms with Gasteiger partial charge in [-0.05, 0) is 56.7 Å². The Labute approximate surface area is 167 Å². The highest BCUT2D eigenvalue weighted by Gasteiger charge is 2.26. The zero-order chi connectivity index (χ0) is 20.5. The smallest absolute Gasteiger partial charge is 0.287 e. The molecule has 3 rings (SSSR count). The minimum Gasteiger partial charge on any atom is -0.451 e. The molecule has 154 valence electrons. The Morgan fingerprint density at radius 3 is 2.43 bits per heavy atom. The number of benzene rings is 1. The van der Waals surface area contributed by atoms with Crippen molar-refractivity contribution in [1.82, 2.24) is 9.62 Å². The zero-order valence-corrected chi connectivity index (χ0v) is 17.9. The summed E-state index contributed by atoms with van der Waals surface area (Å²) in [5.74, 6) is 0.764. The van der Waals surface area contributed by atoms with Crippen LogP contribution in [0.15, 0.2) is 27.5 Å². The topological polar surface area (TPSA) is 79.6 Å². The van der Waals surface area contributed by atoms with E-state index in [9.17, 15) is 13.2 Å². The highest BCUT2D eigenvalue weighted by molar-refractivity contribution is 7.89. The number of amides is 1. The number of fused-ring (bicyclic) bond motifs is 1. The molecule has 7 heteroatoms. The first kappa shape index (κ1) is 20.9. The normalized spacial score (nSPS) is 20.6. The van der Waals surface area contributed by atoms with Crippen LogP contribution in [0.25, 0.3) is 11.0 Å². The number of furan rings is 1. The Morgan fingerprint density at radius 1 is 1.18 bits per heavy atom. The first-order valence-electron chi connectivity index (χ1n) is 10.1. The lowest BCUT2D eigenvalue weighted by atomic mass is 9.87. The predicted octanol–water partition coefficient (Wildman–Crippen LogP) is 4.08. The number of sulfonamides is 1. The van der Waals surface area contributed by atoms with Crippen LogP contribution in [0.2, 0.25) is 0 Å². The first-order chi connectivity index (χ1) is 13.3. The number of nitrogens with one attached hydrogen (secondary N) is 1. The van der Waals surface area contributed by atoms with Gasteiger partial charge in [-0.1, -0.05) is 20.8 Å². The molecule has 0 radical (unpaired) electrons. The minimum absolute atomic E-state index is 0.176. The second-order valence-electron chi connectivity index (χ2n) is 7.73. The van der Waals surface area contributed by atoms with E-state index in [1.165, 1.54) is 4.31 Å². The zero-order valence-electron chi connectivity index (χ0n) is 17.1. The van der Waals surface area contributed by atoms with E-state index >= 15 is 0 Å².